The van der Waals surface area contributed by atoms with E-state index in [1.807, 2.05) is 0 Å². The minimum atomic E-state index is -1.76. The van der Waals surface area contributed by atoms with E-state index in [2.05, 4.69) is 15.9 Å². The van der Waals surface area contributed by atoms with E-state index in [1.165, 1.54) is 12.2 Å². The third-order valence-electron chi connectivity index (χ3n) is 1.12. The average Bonchev–Trinajstić information content (AvgIpc) is 1.77. The van der Waals surface area contributed by atoms with Gasteiger partial charge in [0, 0.05) is 0 Å². The number of rotatable bonds is 0. The van der Waals surface area contributed by atoms with Gasteiger partial charge in [0.2, 0.25) is 4.58 Å². The summed E-state index contributed by atoms with van der Waals surface area (Å²) in [5.74, 6) is 0. The molecule has 0 aliphatic heterocycles. The molecule has 0 saturated heterocycles. The van der Waals surface area contributed by atoms with Crippen molar-refractivity contribution in [1.29, 1.82) is 0 Å². The molecule has 1 rings (SSSR count). The molecule has 0 spiro atoms. The summed E-state index contributed by atoms with van der Waals surface area (Å²) < 4.78 is 11.0. The predicted molar refractivity (Wildman–Crippen MR) is 37.1 cm³/mol. The van der Waals surface area contributed by atoms with E-state index in [4.69, 9.17) is 5.11 Å². The first kappa shape index (κ1) is 6.96. The lowest BCUT2D eigenvalue weighted by atomic mass is 10.1. The third-order valence-corrected chi connectivity index (χ3v) is 1.85. The molecule has 2 unspecified atom stereocenters. The van der Waals surface area contributed by atoms with E-state index in [1.54, 1.807) is 12.2 Å². The number of allylic oxidation sites excluding steroid dienone is 2. The van der Waals surface area contributed by atoms with Gasteiger partial charge in [-0.25, -0.2) is 4.39 Å². The Labute approximate surface area is 61.0 Å². The zero-order valence-electron chi connectivity index (χ0n) is 4.59. The van der Waals surface area contributed by atoms with Crippen LogP contribution in [0.2, 0.25) is 0 Å². The van der Waals surface area contributed by atoms with Gasteiger partial charge in [-0.15, -0.1) is 0 Å². The van der Waals surface area contributed by atoms with E-state index in [-0.39, 0.29) is 0 Å². The smallest absolute Gasteiger partial charge is 0.212 e. The zero-order chi connectivity index (χ0) is 6.91. The topological polar surface area (TPSA) is 20.2 Å². The SMILES string of the molecule is OC1C=CC=CC1(F)Br. The van der Waals surface area contributed by atoms with Gasteiger partial charge >= 0.3 is 0 Å². The lowest BCUT2D eigenvalue weighted by Crippen LogP contribution is -2.28. The van der Waals surface area contributed by atoms with Gasteiger partial charge in [-0.3, -0.25) is 0 Å². The fourth-order valence-electron chi connectivity index (χ4n) is 0.580. The Hall–Kier alpha value is -0.150. The second-order valence-corrected chi connectivity index (χ2v) is 3.08. The fraction of sp³-hybridized carbons (Fsp3) is 0.333. The summed E-state index contributed by atoms with van der Waals surface area (Å²) in [6, 6.07) is 0. The highest BCUT2D eigenvalue weighted by atomic mass is 79.9. The highest BCUT2D eigenvalue weighted by Crippen LogP contribution is 2.29. The van der Waals surface area contributed by atoms with Crippen LogP contribution < -0.4 is 0 Å². The summed E-state index contributed by atoms with van der Waals surface area (Å²) in [7, 11) is 0. The van der Waals surface area contributed by atoms with Crippen LogP contribution in [0.5, 0.6) is 0 Å². The standard InChI is InChI=1S/C6H6BrFO/c7-6(8)4-2-1-3-5(6)9/h1-5,9H. The molecule has 1 N–H and O–H groups in total. The van der Waals surface area contributed by atoms with Crippen LogP contribution in [0, 0.1) is 0 Å². The summed E-state index contributed by atoms with van der Waals surface area (Å²) >= 11 is 2.70. The average molecular weight is 193 g/mol. The minimum absolute atomic E-state index is 1.07. The quantitative estimate of drug-likeness (QED) is 0.578. The summed E-state index contributed by atoms with van der Waals surface area (Å²) in [4.78, 5) is 0. The van der Waals surface area contributed by atoms with E-state index in [0.29, 0.717) is 0 Å². The van der Waals surface area contributed by atoms with Gasteiger partial charge in [0.05, 0.1) is 0 Å². The fourth-order valence-corrected chi connectivity index (χ4v) is 0.885. The number of hydrogen-bond donors (Lipinski definition) is 1. The monoisotopic (exact) mass is 192 g/mol. The van der Waals surface area contributed by atoms with Crippen molar-refractivity contribution < 1.29 is 9.50 Å². The Bertz CT molecular complexity index is 162. The highest BCUT2D eigenvalue weighted by Gasteiger charge is 2.31. The molecule has 0 aromatic rings. The largest absolute Gasteiger partial charge is 0.384 e. The molecule has 1 aliphatic carbocycles. The molecule has 0 aromatic heterocycles. The van der Waals surface area contributed by atoms with Gasteiger partial charge in [0.15, 0.2) is 0 Å². The van der Waals surface area contributed by atoms with Gasteiger partial charge in [-0.1, -0.05) is 18.2 Å². The molecule has 0 amide bonds. The van der Waals surface area contributed by atoms with Crippen LogP contribution in [0.25, 0.3) is 0 Å². The van der Waals surface area contributed by atoms with Crippen molar-refractivity contribution in [1.82, 2.24) is 0 Å². The van der Waals surface area contributed by atoms with Gasteiger partial charge in [-0.2, -0.15) is 0 Å². The van der Waals surface area contributed by atoms with Crippen LogP contribution in [0.15, 0.2) is 24.3 Å². The molecule has 0 bridgehead atoms. The van der Waals surface area contributed by atoms with Crippen molar-refractivity contribution in [3.8, 4) is 0 Å². The summed E-state index contributed by atoms with van der Waals surface area (Å²) in [6.07, 6.45) is 4.72. The molecule has 0 radical (unpaired) electrons. The van der Waals surface area contributed by atoms with Crippen LogP contribution >= 0.6 is 15.9 Å². The lowest BCUT2D eigenvalue weighted by Gasteiger charge is -2.19. The van der Waals surface area contributed by atoms with Crippen molar-refractivity contribution in [2.24, 2.45) is 0 Å². The Morgan fingerprint density at radius 1 is 1.56 bits per heavy atom. The van der Waals surface area contributed by atoms with Crippen LogP contribution in [0.1, 0.15) is 0 Å². The highest BCUT2D eigenvalue weighted by molar-refractivity contribution is 9.10. The van der Waals surface area contributed by atoms with Gasteiger partial charge in [0.1, 0.15) is 6.10 Å². The van der Waals surface area contributed by atoms with Gasteiger partial charge in [-0.05, 0) is 22.0 Å². The second kappa shape index (κ2) is 2.23. The number of hydrogen-bond acceptors (Lipinski definition) is 1. The molecule has 1 nitrogen and oxygen atoms in total. The molecule has 0 fully saturated rings. The molecule has 3 heteroatoms. The molecular weight excluding hydrogens is 187 g/mol. The molecular formula is C6H6BrFO. The zero-order valence-corrected chi connectivity index (χ0v) is 6.18. The molecule has 1 aliphatic rings. The molecule has 0 saturated carbocycles. The van der Waals surface area contributed by atoms with E-state index in [9.17, 15) is 4.39 Å². The van der Waals surface area contributed by atoms with E-state index >= 15 is 0 Å². The maximum atomic E-state index is 12.8. The van der Waals surface area contributed by atoms with Crippen LogP contribution in [0.3, 0.4) is 0 Å². The first-order valence-electron chi connectivity index (χ1n) is 2.55. The molecule has 9 heavy (non-hydrogen) atoms. The van der Waals surface area contributed by atoms with Crippen molar-refractivity contribution in [2.75, 3.05) is 0 Å². The van der Waals surface area contributed by atoms with Crippen LogP contribution in [-0.2, 0) is 0 Å². The normalized spacial score (nSPS) is 41.4. The number of aliphatic hydroxyl groups is 1. The summed E-state index contributed by atoms with van der Waals surface area (Å²) in [5, 5.41) is 8.88. The number of aliphatic hydroxyl groups excluding tert-OH is 1. The van der Waals surface area contributed by atoms with Crippen molar-refractivity contribution in [3.63, 3.8) is 0 Å². The maximum absolute atomic E-state index is 12.8. The van der Waals surface area contributed by atoms with Gasteiger partial charge in [0.25, 0.3) is 0 Å². The maximum Gasteiger partial charge on any atom is 0.212 e. The van der Waals surface area contributed by atoms with Crippen LogP contribution in [0.4, 0.5) is 4.39 Å². The third kappa shape index (κ3) is 1.40. The first-order valence-corrected chi connectivity index (χ1v) is 3.34. The summed E-state index contributed by atoms with van der Waals surface area (Å²) in [5.41, 5.74) is 0. The Balaban J connectivity index is 2.78. The van der Waals surface area contributed by atoms with E-state index < -0.39 is 10.7 Å². The molecule has 50 valence electrons. The Morgan fingerprint density at radius 3 is 2.56 bits per heavy atom. The van der Waals surface area contributed by atoms with Crippen molar-refractivity contribution in [2.45, 2.75) is 10.7 Å². The summed E-state index contributed by atoms with van der Waals surface area (Å²) in [6.45, 7) is 0. The second-order valence-electron chi connectivity index (χ2n) is 1.86. The van der Waals surface area contributed by atoms with Crippen molar-refractivity contribution >= 4 is 15.9 Å². The number of halogens is 2. The number of alkyl halides is 2. The van der Waals surface area contributed by atoms with Gasteiger partial charge < -0.3 is 5.11 Å². The first-order chi connectivity index (χ1) is 4.13. The Morgan fingerprint density at radius 2 is 2.22 bits per heavy atom. The molecule has 2 atom stereocenters. The molecule has 0 aromatic carbocycles. The lowest BCUT2D eigenvalue weighted by molar-refractivity contribution is 0.125. The Kier molecular flexibility index (Phi) is 1.73. The van der Waals surface area contributed by atoms with E-state index in [0.717, 1.165) is 0 Å². The predicted octanol–water partition coefficient (Wildman–Crippen LogP) is 1.53. The minimum Gasteiger partial charge on any atom is -0.384 e. The van der Waals surface area contributed by atoms with Crippen LogP contribution in [-0.4, -0.2) is 15.8 Å². The van der Waals surface area contributed by atoms with Crippen molar-refractivity contribution in [3.05, 3.63) is 24.3 Å². The molecule has 0 heterocycles.